The van der Waals surface area contributed by atoms with Crippen LogP contribution in [0.15, 0.2) is 29.8 Å². The van der Waals surface area contributed by atoms with Gasteiger partial charge in [0.05, 0.1) is 6.42 Å². The molecule has 0 radical (unpaired) electrons. The zero-order chi connectivity index (χ0) is 17.6. The summed E-state index contributed by atoms with van der Waals surface area (Å²) in [4.78, 5) is 17.5. The van der Waals surface area contributed by atoms with E-state index in [2.05, 4.69) is 16.8 Å². The Balaban J connectivity index is 1.83. The third-order valence-corrected chi connectivity index (χ3v) is 3.75. The van der Waals surface area contributed by atoms with Crippen LogP contribution in [-0.4, -0.2) is 35.1 Å². The number of aromatic nitrogens is 1. The van der Waals surface area contributed by atoms with Gasteiger partial charge in [0, 0.05) is 25.2 Å². The normalized spacial score (nSPS) is 14.8. The first-order chi connectivity index (χ1) is 11.3. The van der Waals surface area contributed by atoms with Crippen molar-refractivity contribution >= 4 is 5.91 Å². The van der Waals surface area contributed by atoms with E-state index in [4.69, 9.17) is 0 Å². The lowest BCUT2D eigenvalue weighted by Gasteiger charge is -2.28. The molecule has 0 aliphatic carbocycles. The average molecular weight is 336 g/mol. The Morgan fingerprint density at radius 2 is 2.04 bits per heavy atom. The lowest BCUT2D eigenvalue weighted by Crippen LogP contribution is -2.36. The molecule has 1 aliphatic rings. The number of rotatable bonds is 2. The quantitative estimate of drug-likeness (QED) is 0.773. The number of hydrogen-bond acceptors (Lipinski definition) is 2. The van der Waals surface area contributed by atoms with Crippen LogP contribution >= 0.6 is 0 Å². The Hall–Kier alpha value is -2.29. The van der Waals surface area contributed by atoms with E-state index in [1.807, 2.05) is 31.2 Å². The molecule has 1 aromatic heterocycles. The fourth-order valence-corrected chi connectivity index (χ4v) is 2.42. The van der Waals surface area contributed by atoms with Crippen LogP contribution in [0.25, 0.3) is 0 Å². The van der Waals surface area contributed by atoms with E-state index in [1.165, 1.54) is 4.90 Å². The van der Waals surface area contributed by atoms with Gasteiger partial charge in [0.25, 0.3) is 0 Å². The summed E-state index contributed by atoms with van der Waals surface area (Å²) in [6.07, 6.45) is -2.69. The molecule has 3 nitrogen and oxygen atoms in total. The SMILES string of the molecule is Cc1cccc(C#CC=C2CCN(C(=O)CCC(F)(F)F)CC2)n1. The summed E-state index contributed by atoms with van der Waals surface area (Å²) in [5.74, 6) is 5.49. The second-order valence-electron chi connectivity index (χ2n) is 5.73. The number of alkyl halides is 3. The van der Waals surface area contributed by atoms with Crippen LogP contribution in [0.3, 0.4) is 0 Å². The van der Waals surface area contributed by atoms with E-state index in [-0.39, 0.29) is 0 Å². The van der Waals surface area contributed by atoms with Crippen LogP contribution < -0.4 is 0 Å². The summed E-state index contributed by atoms with van der Waals surface area (Å²) in [6.45, 7) is 2.80. The molecule has 0 atom stereocenters. The summed E-state index contributed by atoms with van der Waals surface area (Å²) in [7, 11) is 0. The molecule has 24 heavy (non-hydrogen) atoms. The maximum Gasteiger partial charge on any atom is 0.389 e. The number of carbonyl (C=O) groups is 1. The highest BCUT2D eigenvalue weighted by molar-refractivity contribution is 5.76. The Labute approximate surface area is 139 Å². The van der Waals surface area contributed by atoms with Gasteiger partial charge in [-0.05, 0) is 43.9 Å². The van der Waals surface area contributed by atoms with Crippen molar-refractivity contribution in [2.75, 3.05) is 13.1 Å². The van der Waals surface area contributed by atoms with Crippen molar-refractivity contribution in [3.05, 3.63) is 41.2 Å². The number of halogens is 3. The average Bonchev–Trinajstić information content (AvgIpc) is 2.53. The number of piperidine rings is 1. The molecule has 0 unspecified atom stereocenters. The highest BCUT2D eigenvalue weighted by atomic mass is 19.4. The van der Waals surface area contributed by atoms with Crippen molar-refractivity contribution in [1.29, 1.82) is 0 Å². The van der Waals surface area contributed by atoms with Gasteiger partial charge in [0.15, 0.2) is 0 Å². The zero-order valence-corrected chi connectivity index (χ0v) is 13.5. The number of nitrogens with zero attached hydrogens (tertiary/aromatic N) is 2. The Morgan fingerprint density at radius 1 is 1.33 bits per heavy atom. The Kier molecular flexibility index (Phi) is 6.02. The van der Waals surface area contributed by atoms with Gasteiger partial charge < -0.3 is 4.90 Å². The molecular weight excluding hydrogens is 317 g/mol. The van der Waals surface area contributed by atoms with Gasteiger partial charge in [-0.15, -0.1) is 0 Å². The molecule has 128 valence electrons. The van der Waals surface area contributed by atoms with Crippen LogP contribution in [0.5, 0.6) is 0 Å². The van der Waals surface area contributed by atoms with Crippen molar-refractivity contribution in [3.8, 4) is 11.8 Å². The summed E-state index contributed by atoms with van der Waals surface area (Å²) in [5, 5.41) is 0. The number of likely N-dealkylation sites (tertiary alicyclic amines) is 1. The molecule has 0 saturated carbocycles. The minimum absolute atomic E-state index is 0.429. The number of amides is 1. The topological polar surface area (TPSA) is 33.2 Å². The highest BCUT2D eigenvalue weighted by Gasteiger charge is 2.29. The van der Waals surface area contributed by atoms with E-state index in [1.54, 1.807) is 0 Å². The second-order valence-corrected chi connectivity index (χ2v) is 5.73. The van der Waals surface area contributed by atoms with Crippen LogP contribution in [-0.2, 0) is 4.79 Å². The van der Waals surface area contributed by atoms with Gasteiger partial charge in [-0.2, -0.15) is 13.2 Å². The first-order valence-corrected chi connectivity index (χ1v) is 7.81. The van der Waals surface area contributed by atoms with Gasteiger partial charge in [-0.3, -0.25) is 4.79 Å². The zero-order valence-electron chi connectivity index (χ0n) is 13.5. The van der Waals surface area contributed by atoms with Crippen LogP contribution in [0.4, 0.5) is 13.2 Å². The summed E-state index contributed by atoms with van der Waals surface area (Å²) in [5.41, 5.74) is 2.71. The van der Waals surface area contributed by atoms with Gasteiger partial charge in [-0.1, -0.05) is 17.6 Å². The highest BCUT2D eigenvalue weighted by Crippen LogP contribution is 2.23. The van der Waals surface area contributed by atoms with Crippen molar-refractivity contribution in [1.82, 2.24) is 9.88 Å². The summed E-state index contributed by atoms with van der Waals surface area (Å²) in [6, 6.07) is 5.63. The van der Waals surface area contributed by atoms with Crippen LogP contribution in [0, 0.1) is 18.8 Å². The number of aryl methyl sites for hydroxylation is 1. The molecule has 1 fully saturated rings. The Bertz CT molecular complexity index is 673. The number of allylic oxidation sites excluding steroid dienone is 1. The molecule has 0 bridgehead atoms. The molecule has 1 aliphatic heterocycles. The molecule has 2 heterocycles. The maximum absolute atomic E-state index is 12.1. The van der Waals surface area contributed by atoms with E-state index in [9.17, 15) is 18.0 Å². The smallest absolute Gasteiger partial charge is 0.342 e. The Morgan fingerprint density at radius 3 is 2.67 bits per heavy atom. The molecule has 2 rings (SSSR count). The van der Waals surface area contributed by atoms with Gasteiger partial charge >= 0.3 is 6.18 Å². The molecule has 0 aromatic carbocycles. The van der Waals surface area contributed by atoms with Gasteiger partial charge in [-0.25, -0.2) is 4.98 Å². The van der Waals surface area contributed by atoms with Crippen molar-refractivity contribution in [3.63, 3.8) is 0 Å². The summed E-state index contributed by atoms with van der Waals surface area (Å²) >= 11 is 0. The van der Waals surface area contributed by atoms with Gasteiger partial charge in [0.1, 0.15) is 5.69 Å². The fraction of sp³-hybridized carbons (Fsp3) is 0.444. The first-order valence-electron chi connectivity index (χ1n) is 7.81. The van der Waals surface area contributed by atoms with E-state index >= 15 is 0 Å². The largest absolute Gasteiger partial charge is 0.389 e. The van der Waals surface area contributed by atoms with E-state index < -0.39 is 24.9 Å². The predicted octanol–water partition coefficient (Wildman–Crippen LogP) is 3.63. The predicted molar refractivity (Wildman–Crippen MR) is 85.0 cm³/mol. The maximum atomic E-state index is 12.1. The molecular formula is C18H19F3N2O. The molecule has 6 heteroatoms. The molecule has 0 spiro atoms. The fourth-order valence-electron chi connectivity index (χ4n) is 2.42. The number of hydrogen-bond donors (Lipinski definition) is 0. The molecule has 1 aromatic rings. The molecule has 1 saturated heterocycles. The van der Waals surface area contributed by atoms with Crippen LogP contribution in [0.1, 0.15) is 37.1 Å². The molecule has 0 N–H and O–H groups in total. The monoisotopic (exact) mass is 336 g/mol. The number of carbonyl (C=O) groups excluding carboxylic acids is 1. The van der Waals surface area contributed by atoms with Gasteiger partial charge in [0.2, 0.25) is 5.91 Å². The minimum atomic E-state index is -4.28. The summed E-state index contributed by atoms with van der Waals surface area (Å²) < 4.78 is 36.4. The third-order valence-electron chi connectivity index (χ3n) is 3.75. The molecule has 1 amide bonds. The van der Waals surface area contributed by atoms with E-state index in [0.29, 0.717) is 31.6 Å². The lowest BCUT2D eigenvalue weighted by atomic mass is 10.0. The third kappa shape index (κ3) is 6.07. The second kappa shape index (κ2) is 8.00. The van der Waals surface area contributed by atoms with Crippen molar-refractivity contribution in [2.24, 2.45) is 0 Å². The lowest BCUT2D eigenvalue weighted by molar-refractivity contribution is -0.149. The first kappa shape index (κ1) is 18.1. The number of pyridine rings is 1. The van der Waals surface area contributed by atoms with Crippen molar-refractivity contribution < 1.29 is 18.0 Å². The standard InChI is InChI=1S/C18H19F3N2O/c1-14-4-2-6-16(22-14)7-3-5-15-9-12-23(13-10-15)17(24)8-11-18(19,20)21/h2,4-6H,8-13H2,1H3. The van der Waals surface area contributed by atoms with Crippen LogP contribution in [0.2, 0.25) is 0 Å². The van der Waals surface area contributed by atoms with Crippen molar-refractivity contribution in [2.45, 2.75) is 38.8 Å². The van der Waals surface area contributed by atoms with E-state index in [0.717, 1.165) is 11.3 Å². The minimum Gasteiger partial charge on any atom is -0.342 e.